The second-order valence-corrected chi connectivity index (χ2v) is 11.8. The number of benzene rings is 2. The van der Waals surface area contributed by atoms with Crippen LogP contribution in [0.15, 0.2) is 115 Å². The molecular formula is C36H34N12O. The number of oxime groups is 1. The minimum absolute atomic E-state index is 0.0901. The van der Waals surface area contributed by atoms with Crippen LogP contribution in [0.4, 0.5) is 0 Å². The smallest absolute Gasteiger partial charge is 0.171 e. The summed E-state index contributed by atoms with van der Waals surface area (Å²) >= 11 is 0. The lowest BCUT2D eigenvalue weighted by Crippen LogP contribution is -2.07. The van der Waals surface area contributed by atoms with Crippen molar-refractivity contribution >= 4 is 27.5 Å². The quantitative estimate of drug-likeness (QED) is 0.129. The van der Waals surface area contributed by atoms with E-state index in [4.69, 9.17) is 10.9 Å². The molecule has 0 aliphatic heterocycles. The average molecular weight is 651 g/mol. The highest BCUT2D eigenvalue weighted by Crippen LogP contribution is 2.27. The van der Waals surface area contributed by atoms with E-state index in [1.165, 1.54) is 0 Å². The first-order chi connectivity index (χ1) is 23.8. The van der Waals surface area contributed by atoms with Gasteiger partial charge in [-0.3, -0.25) is 4.98 Å². The summed E-state index contributed by atoms with van der Waals surface area (Å²) in [7, 11) is 3.87. The van der Waals surface area contributed by atoms with E-state index in [-0.39, 0.29) is 6.04 Å². The van der Waals surface area contributed by atoms with Crippen LogP contribution in [0.2, 0.25) is 0 Å². The van der Waals surface area contributed by atoms with E-state index >= 15 is 0 Å². The van der Waals surface area contributed by atoms with Gasteiger partial charge in [-0.2, -0.15) is 10.2 Å². The molecule has 0 bridgehead atoms. The number of imidazole rings is 2. The molecule has 0 spiro atoms. The lowest BCUT2D eigenvalue weighted by atomic mass is 10.1. The van der Waals surface area contributed by atoms with Crippen molar-refractivity contribution in [2.45, 2.75) is 19.9 Å². The van der Waals surface area contributed by atoms with Gasteiger partial charge in [-0.25, -0.2) is 24.3 Å². The summed E-state index contributed by atoms with van der Waals surface area (Å²) in [5.74, 6) is 1.56. The monoisotopic (exact) mass is 650 g/mol. The third-order valence-electron chi connectivity index (χ3n) is 8.06. The van der Waals surface area contributed by atoms with Crippen molar-refractivity contribution in [3.05, 3.63) is 122 Å². The van der Waals surface area contributed by atoms with E-state index in [0.29, 0.717) is 11.4 Å². The number of hydrogen-bond acceptors (Lipinski definition) is 9. The molecule has 0 saturated carbocycles. The Bertz CT molecular complexity index is 2450. The van der Waals surface area contributed by atoms with Crippen molar-refractivity contribution in [1.29, 1.82) is 0 Å². The molecule has 1 unspecified atom stereocenters. The van der Waals surface area contributed by atoms with Gasteiger partial charge in [-0.05, 0) is 50.2 Å². The third-order valence-corrected chi connectivity index (χ3v) is 8.06. The van der Waals surface area contributed by atoms with Gasteiger partial charge in [-0.15, -0.1) is 0 Å². The fourth-order valence-electron chi connectivity index (χ4n) is 5.45. The molecule has 1 atom stereocenters. The maximum Gasteiger partial charge on any atom is 0.171 e. The molecule has 49 heavy (non-hydrogen) atoms. The number of hydrogen-bond donors (Lipinski definition) is 2. The molecule has 6 aromatic heterocycles. The Hall–Kier alpha value is -6.47. The molecule has 6 heterocycles. The molecule has 2 aromatic carbocycles. The van der Waals surface area contributed by atoms with Gasteiger partial charge < -0.3 is 20.1 Å². The van der Waals surface area contributed by atoms with Crippen molar-refractivity contribution in [1.82, 2.24) is 48.6 Å². The van der Waals surface area contributed by atoms with Gasteiger partial charge >= 0.3 is 0 Å². The zero-order valence-electron chi connectivity index (χ0n) is 27.4. The number of pyridine rings is 2. The minimum atomic E-state index is -0.0901. The zero-order chi connectivity index (χ0) is 34.1. The number of aryl methyl sites for hydroxylation is 2. The molecule has 8 aromatic rings. The van der Waals surface area contributed by atoms with Crippen LogP contribution in [0.3, 0.4) is 0 Å². The number of rotatable bonds is 6. The summed E-state index contributed by atoms with van der Waals surface area (Å²) in [6.45, 7) is 3.65. The van der Waals surface area contributed by atoms with Crippen LogP contribution in [0.5, 0.6) is 0 Å². The zero-order valence-corrected chi connectivity index (χ0v) is 27.4. The molecule has 13 nitrogen and oxygen atoms in total. The van der Waals surface area contributed by atoms with E-state index in [2.05, 4.69) is 53.5 Å². The van der Waals surface area contributed by atoms with Gasteiger partial charge in [0.2, 0.25) is 0 Å². The molecule has 0 radical (unpaired) electrons. The van der Waals surface area contributed by atoms with E-state index in [1.54, 1.807) is 19.6 Å². The normalized spacial score (nSPS) is 12.3. The number of fused-ring (bicyclic) bond motifs is 2. The standard InChI is InChI=1S/C18H16N6O.C18H18N6/c1-12(22-25)15-4-3-5-16(21-15)13-6-7-14-9-20-24(17(14)8-13)18-10-23(2)11-19-18;1-12(19)15-4-3-5-16(22-15)13-6-7-14-9-21-24(17(14)8-13)18-10-23(2)11-20-18/h3-11,25H,1-2H3;3-12H,19H2,1-2H3/b22-12-;. The topological polar surface area (TPSA) is 156 Å². The van der Waals surface area contributed by atoms with Crippen LogP contribution in [0.25, 0.3) is 56.0 Å². The van der Waals surface area contributed by atoms with Gasteiger partial charge in [0.1, 0.15) is 5.71 Å². The van der Waals surface area contributed by atoms with Gasteiger partial charge in [0, 0.05) is 54.4 Å². The fourth-order valence-corrected chi connectivity index (χ4v) is 5.45. The highest BCUT2D eigenvalue weighted by atomic mass is 16.4. The van der Waals surface area contributed by atoms with Gasteiger partial charge in [0.15, 0.2) is 11.6 Å². The van der Waals surface area contributed by atoms with Crippen LogP contribution in [0.1, 0.15) is 31.3 Å². The molecule has 0 amide bonds. The summed E-state index contributed by atoms with van der Waals surface area (Å²) in [6, 6.07) is 23.7. The van der Waals surface area contributed by atoms with Crippen LogP contribution < -0.4 is 5.73 Å². The van der Waals surface area contributed by atoms with Gasteiger partial charge in [-0.1, -0.05) is 41.6 Å². The van der Waals surface area contributed by atoms with Crippen LogP contribution >= 0.6 is 0 Å². The Morgan fingerprint density at radius 3 is 1.76 bits per heavy atom. The lowest BCUT2D eigenvalue weighted by molar-refractivity contribution is 0.319. The predicted octanol–water partition coefficient (Wildman–Crippen LogP) is 5.86. The number of nitrogens with zero attached hydrogens (tertiary/aromatic N) is 11. The largest absolute Gasteiger partial charge is 0.411 e. The maximum atomic E-state index is 8.96. The van der Waals surface area contributed by atoms with Crippen molar-refractivity contribution in [2.75, 3.05) is 0 Å². The first-order valence-electron chi connectivity index (χ1n) is 15.6. The Labute approximate surface area is 281 Å². The molecule has 0 aliphatic carbocycles. The maximum absolute atomic E-state index is 8.96. The van der Waals surface area contributed by atoms with Crippen molar-refractivity contribution in [3.63, 3.8) is 0 Å². The molecule has 0 aliphatic rings. The fraction of sp³-hybridized carbons (Fsp3) is 0.139. The van der Waals surface area contributed by atoms with E-state index in [0.717, 1.165) is 61.7 Å². The second-order valence-electron chi connectivity index (χ2n) is 11.8. The highest BCUT2D eigenvalue weighted by Gasteiger charge is 2.12. The third kappa shape index (κ3) is 6.30. The minimum Gasteiger partial charge on any atom is -0.411 e. The molecule has 13 heteroatoms. The summed E-state index contributed by atoms with van der Waals surface area (Å²) < 4.78 is 7.44. The number of nitrogens with two attached hydrogens (primary N) is 1. The van der Waals surface area contributed by atoms with Crippen molar-refractivity contribution in [2.24, 2.45) is 25.0 Å². The molecule has 244 valence electrons. The lowest BCUT2D eigenvalue weighted by Gasteiger charge is -2.08. The Balaban J connectivity index is 0.000000154. The summed E-state index contributed by atoms with van der Waals surface area (Å²) in [4.78, 5) is 18.0. The second kappa shape index (κ2) is 13.0. The summed E-state index contributed by atoms with van der Waals surface area (Å²) in [5, 5.41) is 23.2. The van der Waals surface area contributed by atoms with Gasteiger partial charge in [0.05, 0.1) is 58.9 Å². The highest BCUT2D eigenvalue weighted by molar-refractivity contribution is 5.97. The average Bonchev–Trinajstić information content (AvgIpc) is 3.94. The van der Waals surface area contributed by atoms with E-state index < -0.39 is 0 Å². The SMILES string of the molecule is C/C(=N/O)c1cccc(-c2ccc3cnn(-c4cn(C)cn4)c3c2)n1.CC(N)c1cccc(-c2ccc3cnn(-c4cn(C)cn4)c3c2)n1. The molecule has 0 saturated heterocycles. The molecule has 0 fully saturated rings. The first-order valence-corrected chi connectivity index (χ1v) is 15.6. The van der Waals surface area contributed by atoms with Crippen molar-refractivity contribution in [3.8, 4) is 34.2 Å². The van der Waals surface area contributed by atoms with E-state index in [1.807, 2.05) is 119 Å². The number of aromatic nitrogens is 10. The summed E-state index contributed by atoms with van der Waals surface area (Å²) in [5.41, 5.74) is 13.6. The Morgan fingerprint density at radius 1 is 0.735 bits per heavy atom. The molecule has 8 rings (SSSR count). The molecular weight excluding hydrogens is 616 g/mol. The van der Waals surface area contributed by atoms with E-state index in [9.17, 15) is 0 Å². The predicted molar refractivity (Wildman–Crippen MR) is 189 cm³/mol. The van der Waals surface area contributed by atoms with Crippen LogP contribution in [0, 0.1) is 0 Å². The van der Waals surface area contributed by atoms with Crippen LogP contribution in [-0.4, -0.2) is 59.6 Å². The first kappa shape index (κ1) is 31.1. The Kier molecular flexibility index (Phi) is 8.24. The van der Waals surface area contributed by atoms with Gasteiger partial charge in [0.25, 0.3) is 0 Å². The van der Waals surface area contributed by atoms with Crippen LogP contribution in [-0.2, 0) is 14.1 Å². The molecule has 3 N–H and O–H groups in total. The summed E-state index contributed by atoms with van der Waals surface area (Å²) in [6.07, 6.45) is 11.0. The Morgan fingerprint density at radius 2 is 1.27 bits per heavy atom. The van der Waals surface area contributed by atoms with Crippen molar-refractivity contribution < 1.29 is 5.21 Å².